The molecule has 6 nitrogen and oxygen atoms in total. The van der Waals surface area contributed by atoms with Gasteiger partial charge in [-0.25, -0.2) is 9.78 Å². The molecule has 1 aromatic heterocycles. The zero-order valence-corrected chi connectivity index (χ0v) is 15.8. The molecule has 1 aliphatic carbocycles. The SMILES string of the molecule is COc1ccc(Cn2ccnc2CN(CC2CC2)C(=O)NC(C)C)cc1. The van der Waals surface area contributed by atoms with Crippen molar-refractivity contribution >= 4 is 6.03 Å². The normalized spacial score (nSPS) is 13.7. The standard InChI is InChI=1S/C20H28N4O2/c1-15(2)22-20(25)24(13-16-4-5-16)14-19-21-10-11-23(19)12-17-6-8-18(26-3)9-7-17/h6-11,15-16H,4-5,12-14H2,1-3H3,(H,22,25). The summed E-state index contributed by atoms with van der Waals surface area (Å²) in [5, 5.41) is 3.01. The van der Waals surface area contributed by atoms with Gasteiger partial charge in [-0.3, -0.25) is 0 Å². The molecule has 0 radical (unpaired) electrons. The molecule has 6 heteroatoms. The van der Waals surface area contributed by atoms with Crippen molar-refractivity contribution in [1.82, 2.24) is 19.8 Å². The highest BCUT2D eigenvalue weighted by atomic mass is 16.5. The van der Waals surface area contributed by atoms with Gasteiger partial charge < -0.3 is 19.5 Å². The van der Waals surface area contributed by atoms with Crippen molar-refractivity contribution in [2.45, 2.75) is 45.8 Å². The van der Waals surface area contributed by atoms with Crippen molar-refractivity contribution in [2.24, 2.45) is 5.92 Å². The lowest BCUT2D eigenvalue weighted by Crippen LogP contribution is -2.43. The van der Waals surface area contributed by atoms with Crippen LogP contribution in [0.4, 0.5) is 4.79 Å². The van der Waals surface area contributed by atoms with Crippen molar-refractivity contribution in [2.75, 3.05) is 13.7 Å². The van der Waals surface area contributed by atoms with Crippen LogP contribution in [0.2, 0.25) is 0 Å². The van der Waals surface area contributed by atoms with Crippen LogP contribution in [-0.2, 0) is 13.1 Å². The quantitative estimate of drug-likeness (QED) is 0.790. The Balaban J connectivity index is 1.69. The Hall–Kier alpha value is -2.50. The van der Waals surface area contributed by atoms with Crippen LogP contribution in [0.3, 0.4) is 0 Å². The molecule has 0 atom stereocenters. The number of nitrogens with one attached hydrogen (secondary N) is 1. The van der Waals surface area contributed by atoms with Crippen LogP contribution in [0.15, 0.2) is 36.7 Å². The number of carbonyl (C=O) groups is 1. The topological polar surface area (TPSA) is 59.4 Å². The van der Waals surface area contributed by atoms with E-state index in [1.54, 1.807) is 13.3 Å². The van der Waals surface area contributed by atoms with Crippen molar-refractivity contribution in [3.63, 3.8) is 0 Å². The van der Waals surface area contributed by atoms with E-state index in [1.807, 2.05) is 37.1 Å². The maximum atomic E-state index is 12.5. The van der Waals surface area contributed by atoms with Gasteiger partial charge >= 0.3 is 6.03 Å². The number of rotatable bonds is 8. The Bertz CT molecular complexity index is 720. The van der Waals surface area contributed by atoms with Gasteiger partial charge in [-0.2, -0.15) is 0 Å². The Labute approximate surface area is 155 Å². The lowest BCUT2D eigenvalue weighted by Gasteiger charge is -2.24. The number of benzene rings is 1. The summed E-state index contributed by atoms with van der Waals surface area (Å²) in [6.45, 7) is 6.02. The van der Waals surface area contributed by atoms with Gasteiger partial charge in [0.05, 0.1) is 13.7 Å². The number of amides is 2. The minimum absolute atomic E-state index is 0.00843. The predicted octanol–water partition coefficient (Wildman–Crippen LogP) is 3.27. The number of carbonyl (C=O) groups excluding carboxylic acids is 1. The number of hydrogen-bond donors (Lipinski definition) is 1. The molecule has 140 valence electrons. The molecule has 0 aliphatic heterocycles. The first-order valence-corrected chi connectivity index (χ1v) is 9.23. The second-order valence-electron chi connectivity index (χ2n) is 7.25. The number of methoxy groups -OCH3 is 1. The van der Waals surface area contributed by atoms with Gasteiger partial charge in [0, 0.05) is 31.5 Å². The van der Waals surface area contributed by atoms with E-state index in [4.69, 9.17) is 4.74 Å². The van der Waals surface area contributed by atoms with Crippen molar-refractivity contribution in [3.05, 3.63) is 48.0 Å². The number of ether oxygens (including phenoxy) is 1. The zero-order chi connectivity index (χ0) is 18.5. The second-order valence-corrected chi connectivity index (χ2v) is 7.25. The van der Waals surface area contributed by atoms with Crippen molar-refractivity contribution in [3.8, 4) is 5.75 Å². The third kappa shape index (κ3) is 5.00. The lowest BCUT2D eigenvalue weighted by molar-refractivity contribution is 0.187. The van der Waals surface area contributed by atoms with E-state index >= 15 is 0 Å². The summed E-state index contributed by atoms with van der Waals surface area (Å²) in [6, 6.07) is 8.14. The fourth-order valence-electron chi connectivity index (χ4n) is 2.90. The van der Waals surface area contributed by atoms with Crippen molar-refractivity contribution < 1.29 is 9.53 Å². The fraction of sp³-hybridized carbons (Fsp3) is 0.500. The molecule has 1 fully saturated rings. The number of hydrogen-bond acceptors (Lipinski definition) is 3. The highest BCUT2D eigenvalue weighted by molar-refractivity contribution is 5.74. The maximum absolute atomic E-state index is 12.5. The van der Waals surface area contributed by atoms with Crippen LogP contribution < -0.4 is 10.1 Å². The molecule has 0 spiro atoms. The highest BCUT2D eigenvalue weighted by Gasteiger charge is 2.27. The Morgan fingerprint density at radius 3 is 2.69 bits per heavy atom. The van der Waals surface area contributed by atoms with Crippen LogP contribution in [0.5, 0.6) is 5.75 Å². The van der Waals surface area contributed by atoms with Crippen LogP contribution >= 0.6 is 0 Å². The molecule has 1 saturated carbocycles. The van der Waals surface area contributed by atoms with Gasteiger partial charge in [-0.1, -0.05) is 12.1 Å². The predicted molar refractivity (Wildman–Crippen MR) is 101 cm³/mol. The molecule has 1 aromatic carbocycles. The number of imidazole rings is 1. The number of aromatic nitrogens is 2. The largest absolute Gasteiger partial charge is 0.497 e. The summed E-state index contributed by atoms with van der Waals surface area (Å²) < 4.78 is 7.31. The van der Waals surface area contributed by atoms with Gasteiger partial charge in [0.1, 0.15) is 11.6 Å². The molecule has 26 heavy (non-hydrogen) atoms. The summed E-state index contributed by atoms with van der Waals surface area (Å²) in [7, 11) is 1.67. The van der Waals surface area contributed by atoms with E-state index < -0.39 is 0 Å². The van der Waals surface area contributed by atoms with Gasteiger partial charge in [0.2, 0.25) is 0 Å². The molecular weight excluding hydrogens is 328 g/mol. The lowest BCUT2D eigenvalue weighted by atomic mass is 10.2. The molecule has 0 unspecified atom stereocenters. The van der Waals surface area contributed by atoms with Crippen LogP contribution in [-0.4, -0.2) is 40.2 Å². The Kier molecular flexibility index (Phi) is 5.81. The van der Waals surface area contributed by atoms with E-state index in [2.05, 4.69) is 27.0 Å². The van der Waals surface area contributed by atoms with Crippen LogP contribution in [0.25, 0.3) is 0 Å². The molecule has 1 heterocycles. The first-order chi connectivity index (χ1) is 12.5. The minimum Gasteiger partial charge on any atom is -0.497 e. The minimum atomic E-state index is -0.00843. The fourth-order valence-corrected chi connectivity index (χ4v) is 2.90. The second kappa shape index (κ2) is 8.25. The monoisotopic (exact) mass is 356 g/mol. The van der Waals surface area contributed by atoms with Crippen LogP contribution in [0, 0.1) is 5.92 Å². The molecule has 3 rings (SSSR count). The van der Waals surface area contributed by atoms with E-state index in [1.165, 1.54) is 18.4 Å². The summed E-state index contributed by atoms with van der Waals surface area (Å²) in [5.74, 6) is 2.39. The zero-order valence-electron chi connectivity index (χ0n) is 15.8. The van der Waals surface area contributed by atoms with Crippen molar-refractivity contribution in [1.29, 1.82) is 0 Å². The molecule has 2 aromatic rings. The summed E-state index contributed by atoms with van der Waals surface area (Å²) in [4.78, 5) is 18.9. The van der Waals surface area contributed by atoms with E-state index in [9.17, 15) is 4.79 Å². The third-order valence-electron chi connectivity index (χ3n) is 4.52. The van der Waals surface area contributed by atoms with Gasteiger partial charge in [0.15, 0.2) is 0 Å². The molecule has 1 N–H and O–H groups in total. The highest BCUT2D eigenvalue weighted by Crippen LogP contribution is 2.30. The van der Waals surface area contributed by atoms with Gasteiger partial charge in [-0.05, 0) is 50.3 Å². The Morgan fingerprint density at radius 1 is 1.35 bits per heavy atom. The molecule has 0 bridgehead atoms. The maximum Gasteiger partial charge on any atom is 0.318 e. The third-order valence-corrected chi connectivity index (χ3v) is 4.52. The molecule has 0 saturated heterocycles. The van der Waals surface area contributed by atoms with E-state index in [-0.39, 0.29) is 12.1 Å². The van der Waals surface area contributed by atoms with Gasteiger partial charge in [0.25, 0.3) is 0 Å². The molecule has 1 aliphatic rings. The number of urea groups is 1. The average Bonchev–Trinajstić information content (AvgIpc) is 3.33. The van der Waals surface area contributed by atoms with E-state index in [0.717, 1.165) is 24.7 Å². The molecular formula is C20H28N4O2. The molecule has 2 amide bonds. The summed E-state index contributed by atoms with van der Waals surface area (Å²) in [6.07, 6.45) is 6.20. The number of nitrogens with zero attached hydrogens (tertiary/aromatic N) is 3. The Morgan fingerprint density at radius 2 is 2.08 bits per heavy atom. The van der Waals surface area contributed by atoms with Crippen LogP contribution in [0.1, 0.15) is 38.1 Å². The van der Waals surface area contributed by atoms with Gasteiger partial charge in [-0.15, -0.1) is 0 Å². The first-order valence-electron chi connectivity index (χ1n) is 9.23. The smallest absolute Gasteiger partial charge is 0.318 e. The first kappa shape index (κ1) is 18.3. The average molecular weight is 356 g/mol. The summed E-state index contributed by atoms with van der Waals surface area (Å²) in [5.41, 5.74) is 1.17. The van der Waals surface area contributed by atoms with E-state index in [0.29, 0.717) is 12.5 Å². The summed E-state index contributed by atoms with van der Waals surface area (Å²) >= 11 is 0.